The molecule has 2 N–H and O–H groups in total. The van der Waals surface area contributed by atoms with Crippen LogP contribution >= 0.6 is 0 Å². The minimum Gasteiger partial charge on any atom is -0.482 e. The number of carboxylic acid groups (broad SMARTS) is 1. The summed E-state index contributed by atoms with van der Waals surface area (Å²) in [6.07, 6.45) is 1.30. The number of hydrogen-bond donors (Lipinski definition) is 2. The number of aryl methyl sites for hydroxylation is 1. The lowest BCUT2D eigenvalue weighted by Gasteiger charge is -2.06. The Balaban J connectivity index is 2.19. The van der Waals surface area contributed by atoms with E-state index in [1.165, 1.54) is 42.5 Å². The highest BCUT2D eigenvalue weighted by Gasteiger charge is 2.18. The van der Waals surface area contributed by atoms with Crippen molar-refractivity contribution in [3.8, 4) is 11.8 Å². The van der Waals surface area contributed by atoms with Crippen LogP contribution in [0.15, 0.2) is 48.0 Å². The maximum atomic E-state index is 12.3. The van der Waals surface area contributed by atoms with Crippen LogP contribution in [-0.2, 0) is 9.59 Å². The number of amides is 1. The molecule has 0 heterocycles. The summed E-state index contributed by atoms with van der Waals surface area (Å²) in [7, 11) is 0. The summed E-state index contributed by atoms with van der Waals surface area (Å²) < 4.78 is 5.00. The third-order valence-electron chi connectivity index (χ3n) is 3.52. The third kappa shape index (κ3) is 5.40. The van der Waals surface area contributed by atoms with Gasteiger partial charge in [-0.3, -0.25) is 14.9 Å². The second-order valence-electron chi connectivity index (χ2n) is 5.65. The Morgan fingerprint density at radius 2 is 1.96 bits per heavy atom. The zero-order valence-corrected chi connectivity index (χ0v) is 14.7. The first-order valence-electron chi connectivity index (χ1n) is 7.93. The molecule has 0 saturated carbocycles. The van der Waals surface area contributed by atoms with Gasteiger partial charge in [-0.05, 0) is 42.3 Å². The number of nitro benzene ring substituents is 1. The smallest absolute Gasteiger partial charge is 0.341 e. The van der Waals surface area contributed by atoms with Gasteiger partial charge in [0.15, 0.2) is 6.61 Å². The van der Waals surface area contributed by atoms with Crippen molar-refractivity contribution in [3.05, 3.63) is 69.3 Å². The molecule has 0 unspecified atom stereocenters. The van der Waals surface area contributed by atoms with Crippen LogP contribution in [-0.4, -0.2) is 28.5 Å². The summed E-state index contributed by atoms with van der Waals surface area (Å²) in [5.41, 5.74) is 0.609. The molecule has 0 aromatic heterocycles. The molecule has 142 valence electrons. The topological polar surface area (TPSA) is 143 Å². The molecule has 28 heavy (non-hydrogen) atoms. The van der Waals surface area contributed by atoms with E-state index in [9.17, 15) is 25.0 Å². The Bertz CT molecular complexity index is 990. The van der Waals surface area contributed by atoms with E-state index in [-0.39, 0.29) is 16.9 Å². The molecule has 0 atom stereocenters. The lowest BCUT2D eigenvalue weighted by molar-refractivity contribution is -0.384. The first kappa shape index (κ1) is 20.1. The molecule has 0 fully saturated rings. The highest BCUT2D eigenvalue weighted by molar-refractivity contribution is 6.10. The van der Waals surface area contributed by atoms with E-state index >= 15 is 0 Å². The molecule has 0 bridgehead atoms. The molecule has 0 radical (unpaired) electrons. The normalized spacial score (nSPS) is 10.6. The Kier molecular flexibility index (Phi) is 6.44. The number of carbonyl (C=O) groups is 2. The molecular weight excluding hydrogens is 366 g/mol. The van der Waals surface area contributed by atoms with Gasteiger partial charge in [-0.15, -0.1) is 0 Å². The number of rotatable bonds is 7. The van der Waals surface area contributed by atoms with Gasteiger partial charge < -0.3 is 15.2 Å². The number of nitro groups is 1. The van der Waals surface area contributed by atoms with Crippen molar-refractivity contribution in [1.82, 2.24) is 0 Å². The monoisotopic (exact) mass is 381 g/mol. The molecule has 0 aliphatic rings. The van der Waals surface area contributed by atoms with Crippen LogP contribution in [0, 0.1) is 28.4 Å². The summed E-state index contributed by atoms with van der Waals surface area (Å²) in [6.45, 7) is 1.19. The van der Waals surface area contributed by atoms with Gasteiger partial charge in [-0.25, -0.2) is 4.79 Å². The second-order valence-corrected chi connectivity index (χ2v) is 5.65. The number of hydrogen-bond acceptors (Lipinski definition) is 6. The average Bonchev–Trinajstić information content (AvgIpc) is 2.66. The van der Waals surface area contributed by atoms with E-state index in [1.807, 2.05) is 0 Å². The molecule has 0 aliphatic carbocycles. The molecular formula is C19H15N3O6. The maximum absolute atomic E-state index is 12.3. The van der Waals surface area contributed by atoms with Gasteiger partial charge in [0, 0.05) is 6.07 Å². The predicted octanol–water partition coefficient (Wildman–Crippen LogP) is 2.91. The van der Waals surface area contributed by atoms with E-state index in [2.05, 4.69) is 5.32 Å². The van der Waals surface area contributed by atoms with E-state index in [0.29, 0.717) is 16.9 Å². The number of anilines is 1. The van der Waals surface area contributed by atoms with E-state index in [0.717, 1.165) is 0 Å². The fraction of sp³-hybridized carbons (Fsp3) is 0.105. The van der Waals surface area contributed by atoms with Crippen molar-refractivity contribution in [2.75, 3.05) is 11.9 Å². The van der Waals surface area contributed by atoms with E-state index in [4.69, 9.17) is 9.84 Å². The van der Waals surface area contributed by atoms with E-state index < -0.39 is 23.4 Å². The highest BCUT2D eigenvalue weighted by atomic mass is 16.6. The van der Waals surface area contributed by atoms with Gasteiger partial charge in [-0.1, -0.05) is 18.2 Å². The number of carboxylic acids is 1. The summed E-state index contributed by atoms with van der Waals surface area (Å²) in [6, 6.07) is 12.1. The number of nitrogens with one attached hydrogen (secondary N) is 1. The van der Waals surface area contributed by atoms with Crippen molar-refractivity contribution in [2.45, 2.75) is 6.92 Å². The number of carbonyl (C=O) groups excluding carboxylic acids is 1. The van der Waals surface area contributed by atoms with E-state index in [1.54, 1.807) is 19.1 Å². The largest absolute Gasteiger partial charge is 0.482 e. The van der Waals surface area contributed by atoms with Crippen LogP contribution in [0.4, 0.5) is 11.4 Å². The quantitative estimate of drug-likeness (QED) is 0.325. The molecule has 2 aromatic carbocycles. The highest BCUT2D eigenvalue weighted by Crippen LogP contribution is 2.26. The molecule has 9 nitrogen and oxygen atoms in total. The van der Waals surface area contributed by atoms with Gasteiger partial charge in [0.05, 0.1) is 4.92 Å². The molecule has 1 amide bonds. The minimum atomic E-state index is -1.11. The van der Waals surface area contributed by atoms with Crippen LogP contribution in [0.25, 0.3) is 6.08 Å². The number of nitrogens with zero attached hydrogens (tertiary/aromatic N) is 2. The summed E-state index contributed by atoms with van der Waals surface area (Å²) in [5, 5.41) is 31.3. The van der Waals surface area contributed by atoms with Gasteiger partial charge in [-0.2, -0.15) is 5.26 Å². The second kappa shape index (κ2) is 8.95. The summed E-state index contributed by atoms with van der Waals surface area (Å²) >= 11 is 0. The van der Waals surface area contributed by atoms with Crippen molar-refractivity contribution in [1.29, 1.82) is 5.26 Å². The molecule has 0 aliphatic heterocycles. The van der Waals surface area contributed by atoms with Crippen LogP contribution in [0.1, 0.15) is 11.1 Å². The van der Waals surface area contributed by atoms with Gasteiger partial charge in [0.2, 0.25) is 0 Å². The van der Waals surface area contributed by atoms with Crippen molar-refractivity contribution in [3.63, 3.8) is 0 Å². The van der Waals surface area contributed by atoms with Gasteiger partial charge in [0.1, 0.15) is 23.1 Å². The summed E-state index contributed by atoms with van der Waals surface area (Å²) in [5.74, 6) is -1.59. The predicted molar refractivity (Wildman–Crippen MR) is 99.6 cm³/mol. The molecule has 2 rings (SSSR count). The Hall–Kier alpha value is -4.19. The lowest BCUT2D eigenvalue weighted by atomic mass is 10.1. The van der Waals surface area contributed by atoms with Crippen LogP contribution in [0.3, 0.4) is 0 Å². The van der Waals surface area contributed by atoms with Crippen LogP contribution < -0.4 is 10.1 Å². The summed E-state index contributed by atoms with van der Waals surface area (Å²) in [4.78, 5) is 33.3. The first-order valence-corrected chi connectivity index (χ1v) is 7.93. The average molecular weight is 381 g/mol. The minimum absolute atomic E-state index is 0.0147. The maximum Gasteiger partial charge on any atom is 0.341 e. The SMILES string of the molecule is Cc1ccc(NC(=O)/C(C#N)=C/c2ccc(OCC(=O)O)cc2)c([N+](=O)[O-])c1. The van der Waals surface area contributed by atoms with Crippen molar-refractivity contribution in [2.24, 2.45) is 0 Å². The first-order chi connectivity index (χ1) is 13.3. The molecule has 9 heteroatoms. The van der Waals surface area contributed by atoms with Crippen LogP contribution in [0.5, 0.6) is 5.75 Å². The Morgan fingerprint density at radius 1 is 1.29 bits per heavy atom. The molecule has 0 spiro atoms. The lowest BCUT2D eigenvalue weighted by Crippen LogP contribution is -2.14. The van der Waals surface area contributed by atoms with Crippen LogP contribution in [0.2, 0.25) is 0 Å². The fourth-order valence-electron chi connectivity index (χ4n) is 2.21. The number of benzene rings is 2. The molecule has 2 aromatic rings. The number of ether oxygens (including phenoxy) is 1. The fourth-order valence-corrected chi connectivity index (χ4v) is 2.21. The number of nitriles is 1. The number of aliphatic carboxylic acids is 1. The zero-order chi connectivity index (χ0) is 20.7. The molecule has 0 saturated heterocycles. The van der Waals surface area contributed by atoms with Gasteiger partial charge >= 0.3 is 5.97 Å². The van der Waals surface area contributed by atoms with Crippen molar-refractivity contribution < 1.29 is 24.4 Å². The Morgan fingerprint density at radius 3 is 2.54 bits per heavy atom. The zero-order valence-electron chi connectivity index (χ0n) is 14.7. The standard InChI is InChI=1S/C19H15N3O6/c1-12-2-7-16(17(8-12)22(26)27)21-19(25)14(10-20)9-13-3-5-15(6-4-13)28-11-18(23)24/h2-9H,11H2,1H3,(H,21,25)(H,23,24)/b14-9+. The van der Waals surface area contributed by atoms with Gasteiger partial charge in [0.25, 0.3) is 11.6 Å². The third-order valence-corrected chi connectivity index (χ3v) is 3.52. The van der Waals surface area contributed by atoms with Crippen molar-refractivity contribution >= 4 is 29.3 Å². The Labute approximate surface area is 159 Å².